The first kappa shape index (κ1) is 24.5. The van der Waals surface area contributed by atoms with Crippen LogP contribution in [0.2, 0.25) is 0 Å². The first-order valence-corrected chi connectivity index (χ1v) is 12.4. The Kier molecular flexibility index (Phi) is 6.68. The van der Waals surface area contributed by atoms with Crippen LogP contribution in [0.3, 0.4) is 0 Å². The number of nitrogens with zero attached hydrogens (tertiary/aromatic N) is 5. The van der Waals surface area contributed by atoms with Crippen LogP contribution in [-0.2, 0) is 10.0 Å². The molecule has 2 heterocycles. The molecule has 0 atom stereocenters. The second kappa shape index (κ2) is 9.55. The quantitative estimate of drug-likeness (QED) is 0.358. The zero-order valence-electron chi connectivity index (χ0n) is 20.0. The molecule has 4 rings (SSSR count). The van der Waals surface area contributed by atoms with Gasteiger partial charge < -0.3 is 14.4 Å². The molecule has 0 aliphatic carbocycles. The van der Waals surface area contributed by atoms with Gasteiger partial charge in [-0.15, -0.1) is 0 Å². The average Bonchev–Trinajstić information content (AvgIpc) is 3.20. The molecule has 1 aliphatic rings. The SMILES string of the molecule is COc1ccc(S(=O)(=O)N2CCN(c3ccc([N+](=O)[O-])c(-n4nc(C)cc4C)c3)CC2)cc1OC. The number of ether oxygens (including phenoxy) is 2. The molecule has 0 spiro atoms. The van der Waals surface area contributed by atoms with Crippen LogP contribution in [0.4, 0.5) is 11.4 Å². The number of methoxy groups -OCH3 is 2. The van der Waals surface area contributed by atoms with E-state index >= 15 is 0 Å². The van der Waals surface area contributed by atoms with Gasteiger partial charge in [-0.05, 0) is 44.2 Å². The predicted octanol–water partition coefficient (Wildman–Crippen LogP) is 2.93. The lowest BCUT2D eigenvalue weighted by Gasteiger charge is -2.35. The number of hydrogen-bond acceptors (Lipinski definition) is 8. The van der Waals surface area contributed by atoms with Gasteiger partial charge >= 0.3 is 0 Å². The summed E-state index contributed by atoms with van der Waals surface area (Å²) in [5.74, 6) is 0.794. The fourth-order valence-electron chi connectivity index (χ4n) is 4.22. The largest absolute Gasteiger partial charge is 0.493 e. The van der Waals surface area contributed by atoms with Gasteiger partial charge in [-0.1, -0.05) is 0 Å². The van der Waals surface area contributed by atoms with Gasteiger partial charge in [-0.2, -0.15) is 9.40 Å². The van der Waals surface area contributed by atoms with E-state index in [2.05, 4.69) is 5.10 Å². The Labute approximate surface area is 203 Å². The van der Waals surface area contributed by atoms with E-state index in [0.29, 0.717) is 30.3 Å². The molecular weight excluding hydrogens is 474 g/mol. The maximum atomic E-state index is 13.2. The summed E-state index contributed by atoms with van der Waals surface area (Å²) in [6, 6.07) is 11.3. The molecule has 1 aliphatic heterocycles. The fourth-order valence-corrected chi connectivity index (χ4v) is 5.66. The van der Waals surface area contributed by atoms with Crippen LogP contribution in [-0.4, -0.2) is 67.8 Å². The van der Waals surface area contributed by atoms with Crippen molar-refractivity contribution >= 4 is 21.4 Å². The highest BCUT2D eigenvalue weighted by molar-refractivity contribution is 7.89. The third-order valence-electron chi connectivity index (χ3n) is 5.99. The standard InChI is InChI=1S/C23H27N5O6S/c1-16-13-17(2)27(24-16)21-14-18(5-7-20(21)28(29)30)25-9-11-26(12-10-25)35(31,32)19-6-8-22(33-3)23(15-19)34-4/h5-8,13-15H,9-12H2,1-4H3. The number of nitro benzene ring substituents is 1. The highest BCUT2D eigenvalue weighted by Crippen LogP contribution is 2.32. The van der Waals surface area contributed by atoms with E-state index in [1.165, 1.54) is 36.7 Å². The molecule has 0 saturated carbocycles. The molecule has 11 nitrogen and oxygen atoms in total. The Bertz CT molecular complexity index is 1360. The van der Waals surface area contributed by atoms with Crippen molar-refractivity contribution < 1.29 is 22.8 Å². The molecule has 0 N–H and O–H groups in total. The van der Waals surface area contributed by atoms with Crippen molar-refractivity contribution in [1.29, 1.82) is 0 Å². The molecule has 1 saturated heterocycles. The third kappa shape index (κ3) is 4.66. The van der Waals surface area contributed by atoms with E-state index in [1.807, 2.05) is 24.8 Å². The normalized spacial score (nSPS) is 14.7. The van der Waals surface area contributed by atoms with Gasteiger partial charge in [0.1, 0.15) is 5.69 Å². The van der Waals surface area contributed by atoms with Crippen LogP contribution in [0.25, 0.3) is 5.69 Å². The molecule has 3 aromatic rings. The minimum Gasteiger partial charge on any atom is -0.493 e. The van der Waals surface area contributed by atoms with Crippen LogP contribution in [0.1, 0.15) is 11.4 Å². The zero-order valence-corrected chi connectivity index (χ0v) is 20.8. The van der Waals surface area contributed by atoms with Crippen LogP contribution in [0, 0.1) is 24.0 Å². The third-order valence-corrected chi connectivity index (χ3v) is 7.88. The minimum absolute atomic E-state index is 0.0467. The summed E-state index contributed by atoms with van der Waals surface area (Å²) >= 11 is 0. The van der Waals surface area contributed by atoms with Crippen molar-refractivity contribution in [2.75, 3.05) is 45.3 Å². The van der Waals surface area contributed by atoms with Crippen molar-refractivity contribution in [3.8, 4) is 17.2 Å². The number of piperazine rings is 1. The smallest absolute Gasteiger partial charge is 0.295 e. The number of aromatic nitrogens is 2. The molecule has 0 radical (unpaired) electrons. The fraction of sp³-hybridized carbons (Fsp3) is 0.348. The lowest BCUT2D eigenvalue weighted by Crippen LogP contribution is -2.48. The molecule has 0 unspecified atom stereocenters. The Hall–Kier alpha value is -3.64. The van der Waals surface area contributed by atoms with Crippen molar-refractivity contribution in [2.24, 2.45) is 0 Å². The number of rotatable bonds is 7. The van der Waals surface area contributed by atoms with Gasteiger partial charge in [0.05, 0.1) is 29.7 Å². The topological polar surface area (TPSA) is 120 Å². The van der Waals surface area contributed by atoms with Crippen LogP contribution < -0.4 is 14.4 Å². The maximum Gasteiger partial charge on any atom is 0.295 e. The summed E-state index contributed by atoms with van der Waals surface area (Å²) in [7, 11) is -0.784. The molecule has 1 fully saturated rings. The van der Waals surface area contributed by atoms with Crippen LogP contribution in [0.5, 0.6) is 11.5 Å². The number of sulfonamides is 1. The van der Waals surface area contributed by atoms with Gasteiger partial charge in [-0.25, -0.2) is 13.1 Å². The van der Waals surface area contributed by atoms with Gasteiger partial charge in [-0.3, -0.25) is 10.1 Å². The number of benzene rings is 2. The first-order chi connectivity index (χ1) is 16.6. The first-order valence-electron chi connectivity index (χ1n) is 10.9. The van der Waals surface area contributed by atoms with E-state index in [-0.39, 0.29) is 23.7 Å². The second-order valence-corrected chi connectivity index (χ2v) is 10.1. The minimum atomic E-state index is -3.73. The highest BCUT2D eigenvalue weighted by Gasteiger charge is 2.30. The molecule has 1 aromatic heterocycles. The van der Waals surface area contributed by atoms with Crippen LogP contribution >= 0.6 is 0 Å². The summed E-state index contributed by atoms with van der Waals surface area (Å²) in [6.07, 6.45) is 0. The Morgan fingerprint density at radius 2 is 1.63 bits per heavy atom. The van der Waals surface area contributed by atoms with Crippen LogP contribution in [0.15, 0.2) is 47.4 Å². The Morgan fingerprint density at radius 1 is 0.943 bits per heavy atom. The Balaban J connectivity index is 1.56. The number of nitro groups is 1. The summed E-state index contributed by atoms with van der Waals surface area (Å²) in [6.45, 7) is 5.07. The number of anilines is 1. The molecule has 35 heavy (non-hydrogen) atoms. The molecule has 12 heteroatoms. The monoisotopic (exact) mass is 501 g/mol. The predicted molar refractivity (Wildman–Crippen MR) is 130 cm³/mol. The molecule has 2 aromatic carbocycles. The van der Waals surface area contributed by atoms with Gasteiger partial charge in [0.25, 0.3) is 5.69 Å². The molecule has 0 bridgehead atoms. The van der Waals surface area contributed by atoms with E-state index in [4.69, 9.17) is 9.47 Å². The second-order valence-electron chi connectivity index (χ2n) is 8.18. The number of aryl methyl sites for hydroxylation is 2. The van der Waals surface area contributed by atoms with Crippen molar-refractivity contribution in [3.63, 3.8) is 0 Å². The number of hydrogen-bond donors (Lipinski definition) is 0. The van der Waals surface area contributed by atoms with Crippen molar-refractivity contribution in [2.45, 2.75) is 18.7 Å². The molecule has 0 amide bonds. The summed E-state index contributed by atoms with van der Waals surface area (Å²) in [5.41, 5.74) is 2.64. The van der Waals surface area contributed by atoms with Crippen molar-refractivity contribution in [3.05, 3.63) is 64.0 Å². The van der Waals surface area contributed by atoms with Gasteiger partial charge in [0, 0.05) is 49.7 Å². The Morgan fingerprint density at radius 3 is 2.20 bits per heavy atom. The lowest BCUT2D eigenvalue weighted by atomic mass is 10.2. The molecular formula is C23H27N5O6S. The van der Waals surface area contributed by atoms with E-state index in [1.54, 1.807) is 22.9 Å². The summed E-state index contributed by atoms with van der Waals surface area (Å²) < 4.78 is 39.9. The maximum absolute atomic E-state index is 13.2. The zero-order chi connectivity index (χ0) is 25.3. The van der Waals surface area contributed by atoms with E-state index in [9.17, 15) is 18.5 Å². The average molecular weight is 502 g/mol. The highest BCUT2D eigenvalue weighted by atomic mass is 32.2. The summed E-state index contributed by atoms with van der Waals surface area (Å²) in [5, 5.41) is 16.0. The molecule has 186 valence electrons. The van der Waals surface area contributed by atoms with E-state index in [0.717, 1.165) is 17.1 Å². The van der Waals surface area contributed by atoms with E-state index < -0.39 is 14.9 Å². The summed E-state index contributed by atoms with van der Waals surface area (Å²) in [4.78, 5) is 13.4. The van der Waals surface area contributed by atoms with Gasteiger partial charge in [0.2, 0.25) is 10.0 Å². The lowest BCUT2D eigenvalue weighted by molar-refractivity contribution is -0.384. The van der Waals surface area contributed by atoms with Gasteiger partial charge in [0.15, 0.2) is 11.5 Å². The van der Waals surface area contributed by atoms with Crippen molar-refractivity contribution in [1.82, 2.24) is 14.1 Å².